The monoisotopic (exact) mass is 286 g/mol. The van der Waals surface area contributed by atoms with Gasteiger partial charge in [0, 0.05) is 12.0 Å². The molecule has 0 spiro atoms. The summed E-state index contributed by atoms with van der Waals surface area (Å²) >= 11 is 0. The van der Waals surface area contributed by atoms with Gasteiger partial charge in [-0.15, -0.1) is 0 Å². The van der Waals surface area contributed by atoms with E-state index in [9.17, 15) is 4.79 Å². The number of rotatable bonds is 7. The third kappa shape index (κ3) is 4.96. The molecule has 0 aliphatic carbocycles. The Morgan fingerprint density at radius 2 is 1.71 bits per heavy atom. The van der Waals surface area contributed by atoms with Gasteiger partial charge in [-0.2, -0.15) is 0 Å². The fourth-order valence-corrected chi connectivity index (χ4v) is 3.20. The molecule has 0 saturated carbocycles. The molecule has 0 bridgehead atoms. The molecule has 1 aromatic rings. The van der Waals surface area contributed by atoms with E-state index in [0.717, 1.165) is 29.5 Å². The van der Waals surface area contributed by atoms with Crippen molar-refractivity contribution in [2.75, 3.05) is 19.6 Å². The number of piperidine rings is 1. The Labute approximate surface area is 129 Å². The molecule has 0 N–H and O–H groups in total. The van der Waals surface area contributed by atoms with Gasteiger partial charge in [-0.25, -0.2) is 0 Å². The summed E-state index contributed by atoms with van der Waals surface area (Å²) in [4.78, 5) is 14.9. The number of hydrogen-bond donors (Lipinski definition) is 0. The van der Waals surface area contributed by atoms with Crippen molar-refractivity contribution in [2.24, 2.45) is 0 Å². The fourth-order valence-electron chi connectivity index (χ4n) is 3.20. The zero-order valence-electron chi connectivity index (χ0n) is 13.5. The van der Waals surface area contributed by atoms with Crippen LogP contribution in [0.15, 0.2) is 18.2 Å². The number of nitrogens with zero attached hydrogens (tertiary/aromatic N) is 1. The van der Waals surface area contributed by atoms with Crippen LogP contribution in [0.1, 0.15) is 60.0 Å². The number of hydrogen-bond acceptors (Lipinski definition) is 2. The van der Waals surface area contributed by atoms with Crippen molar-refractivity contribution in [2.45, 2.75) is 52.4 Å². The second-order valence-electron chi connectivity index (χ2n) is 6.21. The summed E-state index contributed by atoms with van der Waals surface area (Å²) in [7, 11) is 0. The molecule has 21 heavy (non-hydrogen) atoms. The van der Waals surface area contributed by atoms with Crippen molar-refractivity contribution >= 4 is 5.78 Å². The first-order valence-corrected chi connectivity index (χ1v) is 8.32. The van der Waals surface area contributed by atoms with Gasteiger partial charge in [-0.05, 0) is 76.7 Å². The average Bonchev–Trinajstić information content (AvgIpc) is 2.48. The molecular weight excluding hydrogens is 258 g/mol. The normalized spacial score (nSPS) is 16.1. The molecule has 0 atom stereocenters. The molecule has 1 aromatic carbocycles. The van der Waals surface area contributed by atoms with Crippen LogP contribution in [0.5, 0.6) is 0 Å². The lowest BCUT2D eigenvalue weighted by Gasteiger charge is -2.26. The van der Waals surface area contributed by atoms with Crippen LogP contribution >= 0.6 is 0 Å². The predicted molar refractivity (Wildman–Crippen MR) is 88.7 cm³/mol. The summed E-state index contributed by atoms with van der Waals surface area (Å²) in [6.45, 7) is 7.72. The lowest BCUT2D eigenvalue weighted by molar-refractivity contribution is 0.0977. The summed E-state index contributed by atoms with van der Waals surface area (Å²) in [6.07, 6.45) is 8.97. The second kappa shape index (κ2) is 8.33. The molecule has 1 radical (unpaired) electrons. The Morgan fingerprint density at radius 3 is 2.38 bits per heavy atom. The molecule has 2 heteroatoms. The van der Waals surface area contributed by atoms with Crippen LogP contribution in [0.25, 0.3) is 0 Å². The molecule has 1 aliphatic heterocycles. The molecule has 1 aliphatic rings. The van der Waals surface area contributed by atoms with Crippen LogP contribution < -0.4 is 0 Å². The van der Waals surface area contributed by atoms with Gasteiger partial charge in [0.25, 0.3) is 0 Å². The topological polar surface area (TPSA) is 20.3 Å². The highest BCUT2D eigenvalue weighted by Crippen LogP contribution is 2.17. The van der Waals surface area contributed by atoms with Gasteiger partial charge < -0.3 is 4.90 Å². The van der Waals surface area contributed by atoms with E-state index in [0.29, 0.717) is 12.2 Å². The van der Waals surface area contributed by atoms with Crippen molar-refractivity contribution in [3.8, 4) is 0 Å². The number of likely N-dealkylation sites (tertiary alicyclic amines) is 1. The van der Waals surface area contributed by atoms with E-state index in [1.165, 1.54) is 38.9 Å². The first-order chi connectivity index (χ1) is 10.2. The second-order valence-corrected chi connectivity index (χ2v) is 6.21. The maximum absolute atomic E-state index is 12.3. The maximum Gasteiger partial charge on any atom is 0.163 e. The average molecular weight is 286 g/mol. The number of ketones is 1. The van der Waals surface area contributed by atoms with Crippen molar-refractivity contribution in [1.29, 1.82) is 0 Å². The van der Waals surface area contributed by atoms with E-state index in [-0.39, 0.29) is 0 Å². The van der Waals surface area contributed by atoms with E-state index >= 15 is 0 Å². The van der Waals surface area contributed by atoms with E-state index < -0.39 is 0 Å². The number of unbranched alkanes of at least 4 members (excludes halogenated alkanes) is 2. The third-order valence-corrected chi connectivity index (χ3v) is 4.44. The van der Waals surface area contributed by atoms with E-state index in [1.54, 1.807) is 0 Å². The van der Waals surface area contributed by atoms with Crippen LogP contribution in [0.2, 0.25) is 0 Å². The zero-order valence-corrected chi connectivity index (χ0v) is 13.5. The molecule has 0 aromatic heterocycles. The lowest BCUT2D eigenvalue weighted by Crippen LogP contribution is -2.30. The minimum absolute atomic E-state index is 0.318. The number of carbonyl (C=O) groups is 1. The lowest BCUT2D eigenvalue weighted by atomic mass is 9.96. The Bertz CT molecular complexity index is 440. The summed E-state index contributed by atoms with van der Waals surface area (Å²) in [5, 5.41) is 0. The molecule has 2 rings (SSSR count). The van der Waals surface area contributed by atoms with E-state index in [2.05, 4.69) is 11.3 Å². The molecule has 1 fully saturated rings. The number of benzene rings is 1. The van der Waals surface area contributed by atoms with Gasteiger partial charge in [-0.1, -0.05) is 24.6 Å². The van der Waals surface area contributed by atoms with Crippen LogP contribution in [0.4, 0.5) is 0 Å². The Morgan fingerprint density at radius 1 is 1.05 bits per heavy atom. The molecular formula is C19H28NO. The van der Waals surface area contributed by atoms with E-state index in [1.807, 2.05) is 32.0 Å². The van der Waals surface area contributed by atoms with Crippen LogP contribution in [0.3, 0.4) is 0 Å². The molecule has 2 nitrogen and oxygen atoms in total. The third-order valence-electron chi connectivity index (χ3n) is 4.44. The highest BCUT2D eigenvalue weighted by Gasteiger charge is 2.12. The van der Waals surface area contributed by atoms with Gasteiger partial charge in [0.15, 0.2) is 5.78 Å². The van der Waals surface area contributed by atoms with Gasteiger partial charge >= 0.3 is 0 Å². The van der Waals surface area contributed by atoms with Crippen LogP contribution in [-0.2, 0) is 0 Å². The van der Waals surface area contributed by atoms with Crippen molar-refractivity contribution in [1.82, 2.24) is 4.90 Å². The van der Waals surface area contributed by atoms with Crippen molar-refractivity contribution < 1.29 is 4.79 Å². The Hall–Kier alpha value is -1.15. The number of aryl methyl sites for hydroxylation is 2. The summed E-state index contributed by atoms with van der Waals surface area (Å²) in [6, 6.07) is 6.10. The quantitative estimate of drug-likeness (QED) is 0.549. The summed E-state index contributed by atoms with van der Waals surface area (Å²) in [5.41, 5.74) is 3.18. The predicted octanol–water partition coefficient (Wildman–Crippen LogP) is 4.35. The highest BCUT2D eigenvalue weighted by molar-refractivity contribution is 5.98. The molecule has 1 saturated heterocycles. The number of carbonyl (C=O) groups excluding carboxylic acids is 1. The molecule has 115 valence electrons. The highest BCUT2D eigenvalue weighted by atomic mass is 16.1. The summed E-state index contributed by atoms with van der Waals surface area (Å²) in [5.74, 6) is 0.318. The summed E-state index contributed by atoms with van der Waals surface area (Å²) < 4.78 is 0. The number of Topliss-reactive ketones (excluding diaryl/α,β-unsaturated/α-hetero) is 1. The van der Waals surface area contributed by atoms with Gasteiger partial charge in [0.05, 0.1) is 0 Å². The molecule has 0 unspecified atom stereocenters. The Balaban J connectivity index is 1.67. The van der Waals surface area contributed by atoms with Gasteiger partial charge in [-0.3, -0.25) is 4.79 Å². The molecule has 0 amide bonds. The Kier molecular flexibility index (Phi) is 6.44. The zero-order chi connectivity index (χ0) is 15.1. The van der Waals surface area contributed by atoms with Gasteiger partial charge in [0.2, 0.25) is 0 Å². The minimum atomic E-state index is 0.318. The minimum Gasteiger partial charge on any atom is -0.303 e. The SMILES string of the molecule is Cc1cccc(C)c1C(=O)CCCCCN1CC[CH]CC1. The first-order valence-electron chi connectivity index (χ1n) is 8.32. The first kappa shape index (κ1) is 16.2. The van der Waals surface area contributed by atoms with Crippen LogP contribution in [0, 0.1) is 20.3 Å². The van der Waals surface area contributed by atoms with E-state index in [4.69, 9.17) is 0 Å². The fraction of sp³-hybridized carbons (Fsp3) is 0.579. The maximum atomic E-state index is 12.3. The molecule has 1 heterocycles. The standard InChI is InChI=1S/C19H28NO/c1-16-10-9-11-17(2)19(16)18(21)12-5-3-6-13-20-14-7-4-8-15-20/h4,9-11H,3,5-8,12-15H2,1-2H3. The smallest absolute Gasteiger partial charge is 0.163 e. The van der Waals surface area contributed by atoms with Crippen molar-refractivity contribution in [3.05, 3.63) is 41.3 Å². The van der Waals surface area contributed by atoms with Crippen LogP contribution in [-0.4, -0.2) is 30.3 Å². The van der Waals surface area contributed by atoms with Crippen molar-refractivity contribution in [3.63, 3.8) is 0 Å². The largest absolute Gasteiger partial charge is 0.303 e. The van der Waals surface area contributed by atoms with Gasteiger partial charge in [0.1, 0.15) is 0 Å².